The van der Waals surface area contributed by atoms with Gasteiger partial charge in [-0.1, -0.05) is 0 Å². The second-order valence-electron chi connectivity index (χ2n) is 5.36. The molecule has 0 amide bonds. The predicted octanol–water partition coefficient (Wildman–Crippen LogP) is 1.96. The van der Waals surface area contributed by atoms with E-state index < -0.39 is 15.8 Å². The molecule has 1 aromatic rings. The fourth-order valence-electron chi connectivity index (χ4n) is 2.99. The van der Waals surface area contributed by atoms with Crippen LogP contribution in [0.15, 0.2) is 27.6 Å². The maximum absolute atomic E-state index is 13.6. The van der Waals surface area contributed by atoms with Crippen molar-refractivity contribution in [3.05, 3.63) is 28.5 Å². The summed E-state index contributed by atoms with van der Waals surface area (Å²) >= 11 is 3.04. The SMILES string of the molecule is O=S(=O)(c1ccc(Br)c(F)c1)N1C[C@@H]2CCCN[C@@H]2C1. The number of fused-ring (bicyclic) bond motifs is 1. The summed E-state index contributed by atoms with van der Waals surface area (Å²) in [7, 11) is -3.60. The van der Waals surface area contributed by atoms with E-state index in [4.69, 9.17) is 0 Å². The van der Waals surface area contributed by atoms with Crippen molar-refractivity contribution in [2.24, 2.45) is 5.92 Å². The number of sulfonamides is 1. The summed E-state index contributed by atoms with van der Waals surface area (Å²) in [6, 6.07) is 4.19. The molecule has 4 nitrogen and oxygen atoms in total. The van der Waals surface area contributed by atoms with Crippen LogP contribution < -0.4 is 5.32 Å². The fourth-order valence-corrected chi connectivity index (χ4v) is 4.77. The Morgan fingerprint density at radius 2 is 2.15 bits per heavy atom. The zero-order valence-corrected chi connectivity index (χ0v) is 13.3. The molecule has 20 heavy (non-hydrogen) atoms. The summed E-state index contributed by atoms with van der Waals surface area (Å²) < 4.78 is 40.4. The number of piperidine rings is 1. The summed E-state index contributed by atoms with van der Waals surface area (Å²) in [5, 5.41) is 3.37. The van der Waals surface area contributed by atoms with Crippen LogP contribution in [0.1, 0.15) is 12.8 Å². The van der Waals surface area contributed by atoms with Gasteiger partial charge in [-0.15, -0.1) is 0 Å². The van der Waals surface area contributed by atoms with E-state index in [0.29, 0.717) is 19.0 Å². The van der Waals surface area contributed by atoms with E-state index in [2.05, 4.69) is 21.2 Å². The van der Waals surface area contributed by atoms with Crippen molar-refractivity contribution in [3.63, 3.8) is 0 Å². The molecule has 0 radical (unpaired) electrons. The molecule has 1 N–H and O–H groups in total. The highest BCUT2D eigenvalue weighted by molar-refractivity contribution is 9.10. The molecule has 2 aliphatic heterocycles. The van der Waals surface area contributed by atoms with Crippen molar-refractivity contribution in [3.8, 4) is 0 Å². The highest BCUT2D eigenvalue weighted by atomic mass is 79.9. The Balaban J connectivity index is 1.86. The van der Waals surface area contributed by atoms with Gasteiger partial charge >= 0.3 is 0 Å². The minimum absolute atomic E-state index is 0.0249. The highest BCUT2D eigenvalue weighted by Crippen LogP contribution is 2.30. The number of hydrogen-bond acceptors (Lipinski definition) is 3. The summed E-state index contributed by atoms with van der Waals surface area (Å²) in [5.74, 6) is -0.181. The van der Waals surface area contributed by atoms with Crippen LogP contribution in [-0.4, -0.2) is 38.4 Å². The second-order valence-corrected chi connectivity index (χ2v) is 8.15. The number of nitrogens with one attached hydrogen (secondary N) is 1. The summed E-state index contributed by atoms with van der Waals surface area (Å²) in [4.78, 5) is 0.0249. The quantitative estimate of drug-likeness (QED) is 0.874. The van der Waals surface area contributed by atoms with E-state index in [1.165, 1.54) is 16.4 Å². The van der Waals surface area contributed by atoms with Crippen molar-refractivity contribution in [1.29, 1.82) is 0 Å². The monoisotopic (exact) mass is 362 g/mol. The van der Waals surface area contributed by atoms with Crippen LogP contribution in [-0.2, 0) is 10.0 Å². The number of nitrogens with zero attached hydrogens (tertiary/aromatic N) is 1. The summed E-state index contributed by atoms with van der Waals surface area (Å²) in [6.07, 6.45) is 2.14. The molecular formula is C13H16BrFN2O2S. The lowest BCUT2D eigenvalue weighted by molar-refractivity contribution is 0.339. The zero-order chi connectivity index (χ0) is 14.3. The lowest BCUT2D eigenvalue weighted by atomic mass is 9.94. The molecule has 2 atom stereocenters. The van der Waals surface area contributed by atoms with E-state index in [0.717, 1.165) is 25.5 Å². The molecule has 110 valence electrons. The highest BCUT2D eigenvalue weighted by Gasteiger charge is 2.40. The van der Waals surface area contributed by atoms with Gasteiger partial charge in [-0.2, -0.15) is 4.31 Å². The van der Waals surface area contributed by atoms with Crippen molar-refractivity contribution >= 4 is 26.0 Å². The maximum atomic E-state index is 13.6. The Bertz CT molecular complexity index is 609. The van der Waals surface area contributed by atoms with Crippen LogP contribution in [0.25, 0.3) is 0 Å². The molecule has 0 unspecified atom stereocenters. The molecular weight excluding hydrogens is 347 g/mol. The van der Waals surface area contributed by atoms with Gasteiger partial charge in [-0.3, -0.25) is 0 Å². The average molecular weight is 363 g/mol. The lowest BCUT2D eigenvalue weighted by Gasteiger charge is -2.24. The van der Waals surface area contributed by atoms with Crippen molar-refractivity contribution in [2.45, 2.75) is 23.8 Å². The number of halogens is 2. The summed E-state index contributed by atoms with van der Waals surface area (Å²) in [5.41, 5.74) is 0. The van der Waals surface area contributed by atoms with Gasteiger partial charge in [0, 0.05) is 19.1 Å². The van der Waals surface area contributed by atoms with Gasteiger partial charge < -0.3 is 5.32 Å². The van der Waals surface area contributed by atoms with E-state index >= 15 is 0 Å². The molecule has 3 rings (SSSR count). The maximum Gasteiger partial charge on any atom is 0.243 e. The van der Waals surface area contributed by atoms with Crippen LogP contribution in [0, 0.1) is 11.7 Å². The van der Waals surface area contributed by atoms with E-state index in [1.54, 1.807) is 0 Å². The molecule has 0 saturated carbocycles. The molecule has 1 aromatic carbocycles. The van der Waals surface area contributed by atoms with Crippen LogP contribution in [0.5, 0.6) is 0 Å². The van der Waals surface area contributed by atoms with E-state index in [9.17, 15) is 12.8 Å². The number of rotatable bonds is 2. The number of hydrogen-bond donors (Lipinski definition) is 1. The third-order valence-electron chi connectivity index (χ3n) is 4.09. The lowest BCUT2D eigenvalue weighted by Crippen LogP contribution is -2.41. The standard InChI is InChI=1S/C13H16BrFN2O2S/c14-11-4-3-10(6-12(11)15)20(18,19)17-7-9-2-1-5-16-13(9)8-17/h3-4,6,9,13,16H,1-2,5,7-8H2/t9-,13+/m0/s1. The predicted molar refractivity (Wildman–Crippen MR) is 77.4 cm³/mol. The first-order chi connectivity index (χ1) is 9.48. The van der Waals surface area contributed by atoms with Gasteiger partial charge in [0.1, 0.15) is 5.82 Å². The largest absolute Gasteiger partial charge is 0.312 e. The molecule has 7 heteroatoms. The Hall–Kier alpha value is -0.500. The molecule has 0 aromatic heterocycles. The summed E-state index contributed by atoms with van der Waals surface area (Å²) in [6.45, 7) is 1.95. The van der Waals surface area contributed by atoms with Gasteiger partial charge in [0.25, 0.3) is 0 Å². The van der Waals surface area contributed by atoms with Crippen LogP contribution >= 0.6 is 15.9 Å². The van der Waals surface area contributed by atoms with Crippen molar-refractivity contribution in [2.75, 3.05) is 19.6 Å². The van der Waals surface area contributed by atoms with E-state index in [-0.39, 0.29) is 15.4 Å². The van der Waals surface area contributed by atoms with Crippen molar-refractivity contribution in [1.82, 2.24) is 9.62 Å². The molecule has 0 spiro atoms. The Kier molecular flexibility index (Phi) is 3.87. The molecule has 2 saturated heterocycles. The van der Waals surface area contributed by atoms with Gasteiger partial charge in [0.15, 0.2) is 0 Å². The number of benzene rings is 1. The second kappa shape index (κ2) is 5.36. The third-order valence-corrected chi connectivity index (χ3v) is 6.57. The van der Waals surface area contributed by atoms with Gasteiger partial charge in [0.2, 0.25) is 10.0 Å². The fraction of sp³-hybridized carbons (Fsp3) is 0.538. The molecule has 2 heterocycles. The van der Waals surface area contributed by atoms with Crippen LogP contribution in [0.2, 0.25) is 0 Å². The Morgan fingerprint density at radius 3 is 2.85 bits per heavy atom. The first-order valence-corrected chi connectivity index (χ1v) is 8.90. The Labute approximate surface area is 126 Å². The van der Waals surface area contributed by atoms with Crippen molar-refractivity contribution < 1.29 is 12.8 Å². The van der Waals surface area contributed by atoms with Gasteiger partial charge in [-0.25, -0.2) is 12.8 Å². The smallest absolute Gasteiger partial charge is 0.243 e. The molecule has 2 fully saturated rings. The van der Waals surface area contributed by atoms with Gasteiger partial charge in [-0.05, 0) is 59.4 Å². The minimum atomic E-state index is -3.60. The van der Waals surface area contributed by atoms with E-state index in [1.807, 2.05) is 0 Å². The van der Waals surface area contributed by atoms with Gasteiger partial charge in [0.05, 0.1) is 9.37 Å². The molecule has 0 aliphatic carbocycles. The first kappa shape index (κ1) is 14.4. The molecule has 2 aliphatic rings. The third kappa shape index (κ3) is 2.52. The Morgan fingerprint density at radius 1 is 1.35 bits per heavy atom. The van der Waals surface area contributed by atoms with Crippen LogP contribution in [0.3, 0.4) is 0 Å². The topological polar surface area (TPSA) is 49.4 Å². The average Bonchev–Trinajstić information content (AvgIpc) is 2.86. The van der Waals surface area contributed by atoms with Crippen LogP contribution in [0.4, 0.5) is 4.39 Å². The molecule has 0 bridgehead atoms. The first-order valence-electron chi connectivity index (χ1n) is 6.67. The normalized spacial score (nSPS) is 27.5. The minimum Gasteiger partial charge on any atom is -0.312 e. The zero-order valence-electron chi connectivity index (χ0n) is 10.9.